The normalized spacial score (nSPS) is 19.4. The first-order valence-corrected chi connectivity index (χ1v) is 12.0. The van der Waals surface area contributed by atoms with Gasteiger partial charge in [-0.1, -0.05) is 30.2 Å². The maximum Gasteiger partial charge on any atom is 0.345 e. The molecule has 0 saturated carbocycles. The minimum Gasteiger partial charge on any atom is -0.386 e. The van der Waals surface area contributed by atoms with E-state index in [-0.39, 0.29) is 18.1 Å². The van der Waals surface area contributed by atoms with Gasteiger partial charge in [0.25, 0.3) is 0 Å². The molecular formula is C27H28N8O2. The second-order valence-corrected chi connectivity index (χ2v) is 8.43. The number of aliphatic imine (C=N–C) groups is 2. The quantitative estimate of drug-likeness (QED) is 0.617. The summed E-state index contributed by atoms with van der Waals surface area (Å²) >= 11 is 0. The second kappa shape index (κ2) is 11.8. The summed E-state index contributed by atoms with van der Waals surface area (Å²) in [5.41, 5.74) is 9.90. The van der Waals surface area contributed by atoms with Crippen LogP contribution in [0.15, 0.2) is 63.6 Å². The zero-order valence-electron chi connectivity index (χ0n) is 20.8. The second-order valence-electron chi connectivity index (χ2n) is 8.43. The molecule has 0 spiro atoms. The van der Waals surface area contributed by atoms with Gasteiger partial charge in [-0.05, 0) is 56.0 Å². The number of benzene rings is 2. The molecule has 0 aromatic heterocycles. The standard InChI is InChI=1S/C20H23N7O2.C7H5N/c1-3-26-19-17(18(21)22-12-23-19)16(25-26)8-6-14-11-15(7-5-13(14)2)24-20(28)27-9-4-10-29-27;8-6-7-4-2-1-3-5-7/h5,7,11-12,17,19H,3-4,9-10H2,1-2H3,(H,24,28)(H2,21,22,23);1-5H. The van der Waals surface area contributed by atoms with Gasteiger partial charge >= 0.3 is 6.03 Å². The lowest BCUT2D eigenvalue weighted by Crippen LogP contribution is -2.42. The maximum atomic E-state index is 12.2. The monoisotopic (exact) mass is 496 g/mol. The lowest BCUT2D eigenvalue weighted by Gasteiger charge is -2.24. The zero-order chi connectivity index (χ0) is 26.2. The molecule has 0 radical (unpaired) electrons. The number of nitrogens with zero attached hydrogens (tertiary/aromatic N) is 6. The Kier molecular flexibility index (Phi) is 8.14. The number of hydrazone groups is 1. The number of rotatable bonds is 2. The fourth-order valence-electron chi connectivity index (χ4n) is 3.91. The van der Waals surface area contributed by atoms with Crippen LogP contribution in [0.25, 0.3) is 0 Å². The highest BCUT2D eigenvalue weighted by Gasteiger charge is 2.39. The van der Waals surface area contributed by atoms with Crippen LogP contribution in [0.4, 0.5) is 10.5 Å². The number of nitrogens with two attached hydrogens (primary N) is 1. The molecule has 37 heavy (non-hydrogen) atoms. The molecule has 2 aromatic carbocycles. The molecule has 2 atom stereocenters. The predicted molar refractivity (Wildman–Crippen MR) is 143 cm³/mol. The van der Waals surface area contributed by atoms with Gasteiger partial charge in [-0.25, -0.2) is 19.8 Å². The van der Waals surface area contributed by atoms with Crippen molar-refractivity contribution < 1.29 is 9.63 Å². The maximum absolute atomic E-state index is 12.2. The Morgan fingerprint density at radius 3 is 2.73 bits per heavy atom. The Bertz CT molecular complexity index is 1330. The van der Waals surface area contributed by atoms with Crippen LogP contribution in [0.1, 0.15) is 30.0 Å². The van der Waals surface area contributed by atoms with E-state index in [0.717, 1.165) is 17.5 Å². The summed E-state index contributed by atoms with van der Waals surface area (Å²) in [5, 5.41) is 18.9. The molecule has 0 aliphatic carbocycles. The SMILES string of the molecule is CCN1N=C(C#Cc2cc(NC(=O)N3CCCO3)ccc2C)C2C(N)=NC=NC21.N#Cc1ccccc1. The van der Waals surface area contributed by atoms with Gasteiger partial charge in [-0.15, -0.1) is 0 Å². The Morgan fingerprint density at radius 1 is 1.24 bits per heavy atom. The molecule has 2 amide bonds. The molecule has 188 valence electrons. The van der Waals surface area contributed by atoms with Crippen molar-refractivity contribution in [2.75, 3.05) is 25.0 Å². The van der Waals surface area contributed by atoms with Crippen molar-refractivity contribution >= 4 is 29.6 Å². The highest BCUT2D eigenvalue weighted by molar-refractivity contribution is 6.17. The molecule has 3 heterocycles. The van der Waals surface area contributed by atoms with Gasteiger partial charge in [0.2, 0.25) is 0 Å². The molecule has 10 nitrogen and oxygen atoms in total. The number of anilines is 1. The fraction of sp³-hybridized carbons (Fsp3) is 0.296. The number of nitriles is 1. The van der Waals surface area contributed by atoms with Crippen molar-refractivity contribution in [2.45, 2.75) is 26.4 Å². The molecule has 1 fully saturated rings. The third kappa shape index (κ3) is 6.13. The van der Waals surface area contributed by atoms with E-state index in [1.54, 1.807) is 12.1 Å². The first kappa shape index (κ1) is 25.4. The molecule has 3 N–H and O–H groups in total. The van der Waals surface area contributed by atoms with Gasteiger partial charge in [-0.3, -0.25) is 9.85 Å². The number of hydrogen-bond donors (Lipinski definition) is 2. The number of fused-ring (bicyclic) bond motifs is 1. The molecule has 5 rings (SSSR count). The number of amidine groups is 1. The summed E-state index contributed by atoms with van der Waals surface area (Å²) in [5.74, 6) is 6.55. The van der Waals surface area contributed by atoms with Gasteiger partial charge in [0.05, 0.1) is 24.8 Å². The Labute approximate surface area is 216 Å². The van der Waals surface area contributed by atoms with Gasteiger partial charge in [0.1, 0.15) is 23.8 Å². The van der Waals surface area contributed by atoms with E-state index in [9.17, 15) is 4.79 Å². The molecule has 2 aromatic rings. The first-order valence-electron chi connectivity index (χ1n) is 12.0. The molecule has 3 aliphatic heterocycles. The van der Waals surface area contributed by atoms with Crippen molar-refractivity contribution in [1.82, 2.24) is 10.1 Å². The largest absolute Gasteiger partial charge is 0.386 e. The molecule has 10 heteroatoms. The van der Waals surface area contributed by atoms with Crippen molar-refractivity contribution in [1.29, 1.82) is 5.26 Å². The topological polar surface area (TPSA) is 132 Å². The van der Waals surface area contributed by atoms with Gasteiger partial charge in [-0.2, -0.15) is 10.4 Å². The summed E-state index contributed by atoms with van der Waals surface area (Å²) in [6, 6.07) is 16.5. The molecule has 3 aliphatic rings. The van der Waals surface area contributed by atoms with Crippen LogP contribution in [0, 0.1) is 36.0 Å². The molecular weight excluding hydrogens is 468 g/mol. The Morgan fingerprint density at radius 2 is 2.05 bits per heavy atom. The van der Waals surface area contributed by atoms with E-state index < -0.39 is 0 Å². The van der Waals surface area contributed by atoms with Crippen LogP contribution < -0.4 is 11.1 Å². The summed E-state index contributed by atoms with van der Waals surface area (Å²) in [7, 11) is 0. The number of carbonyl (C=O) groups excluding carboxylic acids is 1. The van der Waals surface area contributed by atoms with Crippen LogP contribution in [0.2, 0.25) is 0 Å². The molecule has 1 saturated heterocycles. The lowest BCUT2D eigenvalue weighted by molar-refractivity contribution is -0.0614. The highest BCUT2D eigenvalue weighted by atomic mass is 16.7. The van der Waals surface area contributed by atoms with Crippen LogP contribution in [0.5, 0.6) is 0 Å². The Balaban J connectivity index is 0.000000342. The van der Waals surface area contributed by atoms with Crippen LogP contribution in [0.3, 0.4) is 0 Å². The van der Waals surface area contributed by atoms with E-state index in [1.807, 2.05) is 61.3 Å². The summed E-state index contributed by atoms with van der Waals surface area (Å²) in [6.07, 6.45) is 2.13. The van der Waals surface area contributed by atoms with Crippen LogP contribution >= 0.6 is 0 Å². The average Bonchev–Trinajstić information content (AvgIpc) is 3.59. The number of urea groups is 1. The number of nitrogens with one attached hydrogen (secondary N) is 1. The van der Waals surface area contributed by atoms with Gasteiger partial charge in [0.15, 0.2) is 6.17 Å². The first-order chi connectivity index (χ1) is 18.0. The number of hydroxylamine groups is 2. The number of hydrogen-bond acceptors (Lipinski definition) is 8. The average molecular weight is 497 g/mol. The minimum absolute atomic E-state index is 0.186. The van der Waals surface area contributed by atoms with Gasteiger partial charge < -0.3 is 11.1 Å². The van der Waals surface area contributed by atoms with E-state index >= 15 is 0 Å². The fourth-order valence-corrected chi connectivity index (χ4v) is 3.91. The zero-order valence-corrected chi connectivity index (χ0v) is 20.8. The smallest absolute Gasteiger partial charge is 0.345 e. The number of carbonyl (C=O) groups is 1. The van der Waals surface area contributed by atoms with Crippen LogP contribution in [-0.4, -0.2) is 59.9 Å². The van der Waals surface area contributed by atoms with Crippen molar-refractivity contribution in [2.24, 2.45) is 26.7 Å². The molecule has 2 unspecified atom stereocenters. The predicted octanol–water partition coefficient (Wildman–Crippen LogP) is 3.11. The summed E-state index contributed by atoms with van der Waals surface area (Å²) < 4.78 is 0. The van der Waals surface area contributed by atoms with Crippen molar-refractivity contribution in [3.63, 3.8) is 0 Å². The van der Waals surface area contributed by atoms with E-state index in [0.29, 0.717) is 42.5 Å². The van der Waals surface area contributed by atoms with E-state index in [1.165, 1.54) is 11.4 Å². The Hall–Kier alpha value is -4.67. The van der Waals surface area contributed by atoms with Crippen molar-refractivity contribution in [3.8, 4) is 17.9 Å². The third-order valence-electron chi connectivity index (χ3n) is 5.90. The molecule has 0 bridgehead atoms. The van der Waals surface area contributed by atoms with E-state index in [2.05, 4.69) is 32.2 Å². The summed E-state index contributed by atoms with van der Waals surface area (Å²) in [4.78, 5) is 26.0. The van der Waals surface area contributed by atoms with E-state index in [4.69, 9.17) is 15.8 Å². The lowest BCUT2D eigenvalue weighted by atomic mass is 9.98. The van der Waals surface area contributed by atoms with Gasteiger partial charge in [0, 0.05) is 17.8 Å². The highest BCUT2D eigenvalue weighted by Crippen LogP contribution is 2.25. The van der Waals surface area contributed by atoms with Crippen LogP contribution in [-0.2, 0) is 4.84 Å². The number of aryl methyl sites for hydroxylation is 1. The third-order valence-corrected chi connectivity index (χ3v) is 5.90. The van der Waals surface area contributed by atoms with Crippen molar-refractivity contribution in [3.05, 3.63) is 65.2 Å². The summed E-state index contributed by atoms with van der Waals surface area (Å²) in [6.45, 7) is 5.84. The minimum atomic E-state index is -0.282. The number of amides is 2.